The van der Waals surface area contributed by atoms with Crippen LogP contribution in [0.1, 0.15) is 33.7 Å². The number of anilines is 1. The van der Waals surface area contributed by atoms with Crippen LogP contribution in [0.15, 0.2) is 53.4 Å². The topological polar surface area (TPSA) is 67.2 Å². The number of carbonyl (C=O) groups is 2. The quantitative estimate of drug-likeness (QED) is 0.593. The molecule has 7 heteroatoms. The van der Waals surface area contributed by atoms with Gasteiger partial charge in [-0.25, -0.2) is 4.68 Å². The van der Waals surface area contributed by atoms with E-state index in [0.717, 1.165) is 46.8 Å². The van der Waals surface area contributed by atoms with Crippen molar-refractivity contribution in [1.82, 2.24) is 14.7 Å². The van der Waals surface area contributed by atoms with Crippen molar-refractivity contribution in [2.75, 3.05) is 25.2 Å². The van der Waals surface area contributed by atoms with Crippen molar-refractivity contribution in [3.8, 4) is 5.69 Å². The minimum Gasteiger partial charge on any atom is -0.331 e. The molecule has 0 atom stereocenters. The average Bonchev–Trinajstić information content (AvgIpc) is 3.37. The van der Waals surface area contributed by atoms with E-state index >= 15 is 0 Å². The third kappa shape index (κ3) is 4.37. The Labute approximate surface area is 186 Å². The summed E-state index contributed by atoms with van der Waals surface area (Å²) in [6.07, 6.45) is 4.71. The monoisotopic (exact) mass is 434 g/mol. The second-order valence-corrected chi connectivity index (χ2v) is 8.63. The Morgan fingerprint density at radius 2 is 1.87 bits per heavy atom. The van der Waals surface area contributed by atoms with E-state index < -0.39 is 0 Å². The molecule has 31 heavy (non-hydrogen) atoms. The normalized spacial score (nSPS) is 12.5. The first-order valence-electron chi connectivity index (χ1n) is 10.3. The van der Waals surface area contributed by atoms with Crippen LogP contribution in [-0.2, 0) is 17.6 Å². The Morgan fingerprint density at radius 3 is 2.61 bits per heavy atom. The van der Waals surface area contributed by atoms with E-state index in [-0.39, 0.29) is 18.4 Å². The van der Waals surface area contributed by atoms with Gasteiger partial charge in [0.15, 0.2) is 5.69 Å². The van der Waals surface area contributed by atoms with Crippen LogP contribution in [0.2, 0.25) is 0 Å². The largest absolute Gasteiger partial charge is 0.331 e. The molecule has 6 nitrogen and oxygen atoms in total. The smallest absolute Gasteiger partial charge is 0.274 e. The zero-order valence-corrected chi connectivity index (χ0v) is 18.8. The second-order valence-electron chi connectivity index (χ2n) is 7.78. The van der Waals surface area contributed by atoms with Crippen LogP contribution < -0.4 is 5.32 Å². The molecule has 0 radical (unpaired) electrons. The van der Waals surface area contributed by atoms with Crippen molar-refractivity contribution in [1.29, 1.82) is 0 Å². The van der Waals surface area contributed by atoms with Crippen LogP contribution in [0.3, 0.4) is 0 Å². The van der Waals surface area contributed by atoms with E-state index in [2.05, 4.69) is 10.4 Å². The maximum atomic E-state index is 13.2. The lowest BCUT2D eigenvalue weighted by Crippen LogP contribution is -2.35. The molecule has 1 aliphatic rings. The van der Waals surface area contributed by atoms with Gasteiger partial charge in [0.25, 0.3) is 5.91 Å². The molecule has 1 heterocycles. The summed E-state index contributed by atoms with van der Waals surface area (Å²) in [6.45, 7) is 2.01. The molecular weight excluding hydrogens is 408 g/mol. The van der Waals surface area contributed by atoms with Gasteiger partial charge in [-0.3, -0.25) is 9.59 Å². The van der Waals surface area contributed by atoms with Gasteiger partial charge >= 0.3 is 0 Å². The number of nitrogens with zero attached hydrogens (tertiary/aromatic N) is 3. The summed E-state index contributed by atoms with van der Waals surface area (Å²) in [5.41, 5.74) is 5.44. The summed E-state index contributed by atoms with van der Waals surface area (Å²) in [5, 5.41) is 7.57. The van der Waals surface area contributed by atoms with Gasteiger partial charge in [-0.1, -0.05) is 29.8 Å². The Hall–Kier alpha value is -3.06. The highest BCUT2D eigenvalue weighted by atomic mass is 32.2. The van der Waals surface area contributed by atoms with Gasteiger partial charge < -0.3 is 10.2 Å². The molecule has 1 aromatic heterocycles. The summed E-state index contributed by atoms with van der Waals surface area (Å²) < 4.78 is 1.89. The van der Waals surface area contributed by atoms with Crippen LogP contribution in [0.4, 0.5) is 5.69 Å². The summed E-state index contributed by atoms with van der Waals surface area (Å²) >= 11 is 1.57. The van der Waals surface area contributed by atoms with Gasteiger partial charge in [0.05, 0.1) is 17.9 Å². The lowest BCUT2D eigenvalue weighted by molar-refractivity contribution is -0.116. The molecule has 0 spiro atoms. The summed E-state index contributed by atoms with van der Waals surface area (Å²) in [6, 6.07) is 15.8. The Morgan fingerprint density at radius 1 is 1.13 bits per heavy atom. The maximum absolute atomic E-state index is 13.2. The number of hydrogen-bond donors (Lipinski definition) is 1. The molecule has 0 unspecified atom stereocenters. The van der Waals surface area contributed by atoms with E-state index in [0.29, 0.717) is 5.69 Å². The lowest BCUT2D eigenvalue weighted by atomic mass is 10.2. The number of benzene rings is 2. The van der Waals surface area contributed by atoms with Gasteiger partial charge in [0.2, 0.25) is 5.91 Å². The third-order valence-electron chi connectivity index (χ3n) is 5.52. The van der Waals surface area contributed by atoms with Crippen molar-refractivity contribution >= 4 is 29.3 Å². The highest BCUT2D eigenvalue weighted by molar-refractivity contribution is 7.98. The number of nitrogens with one attached hydrogen (secondary N) is 1. The molecule has 2 amide bonds. The number of thioether (sulfide) groups is 1. The molecular formula is C24H26N4O2S. The van der Waals surface area contributed by atoms with E-state index in [9.17, 15) is 9.59 Å². The minimum atomic E-state index is -0.230. The fraction of sp³-hybridized carbons (Fsp3) is 0.292. The number of rotatable bonds is 6. The number of aryl methyl sites for hydroxylation is 1. The first-order valence-corrected chi connectivity index (χ1v) is 11.6. The summed E-state index contributed by atoms with van der Waals surface area (Å²) in [7, 11) is 1.65. The fourth-order valence-corrected chi connectivity index (χ4v) is 4.47. The van der Waals surface area contributed by atoms with Crippen molar-refractivity contribution in [2.24, 2.45) is 0 Å². The van der Waals surface area contributed by atoms with Gasteiger partial charge in [0.1, 0.15) is 0 Å². The highest BCUT2D eigenvalue weighted by Gasteiger charge is 2.29. The molecule has 0 aliphatic heterocycles. The molecule has 160 valence electrons. The molecule has 3 aromatic rings. The molecule has 0 saturated heterocycles. The molecule has 0 fully saturated rings. The van der Waals surface area contributed by atoms with Crippen LogP contribution in [0.25, 0.3) is 5.69 Å². The van der Waals surface area contributed by atoms with Crippen LogP contribution in [-0.4, -0.2) is 46.3 Å². The fourth-order valence-electron chi connectivity index (χ4n) is 3.91. The lowest BCUT2D eigenvalue weighted by Gasteiger charge is -2.17. The SMILES string of the molecule is CSc1ccccc1NC(=O)CN(C)C(=O)c1nn(-c2ccc(C)cc2)c2c1CCC2. The summed E-state index contributed by atoms with van der Waals surface area (Å²) in [4.78, 5) is 28.2. The predicted octanol–water partition coefficient (Wildman–Crippen LogP) is 4.10. The molecule has 2 aromatic carbocycles. The average molecular weight is 435 g/mol. The first-order chi connectivity index (χ1) is 15.0. The van der Waals surface area contributed by atoms with Gasteiger partial charge in [-0.15, -0.1) is 11.8 Å². The standard InChI is InChI=1S/C24H26N4O2S/c1-16-11-13-17(14-12-16)28-20-9-6-7-18(20)23(26-28)24(30)27(2)15-22(29)25-19-8-4-5-10-21(19)31-3/h4-5,8,10-14H,6-7,9,15H2,1-3H3,(H,25,29). The Balaban J connectivity index is 1.52. The molecule has 0 bridgehead atoms. The van der Waals surface area contributed by atoms with Crippen LogP contribution >= 0.6 is 11.8 Å². The van der Waals surface area contributed by atoms with E-state index in [1.165, 1.54) is 10.5 Å². The zero-order chi connectivity index (χ0) is 22.0. The maximum Gasteiger partial charge on any atom is 0.274 e. The van der Waals surface area contributed by atoms with Crippen molar-refractivity contribution in [2.45, 2.75) is 31.1 Å². The number of amides is 2. The second kappa shape index (κ2) is 8.98. The Kier molecular flexibility index (Phi) is 6.13. The molecule has 0 saturated carbocycles. The number of likely N-dealkylation sites (N-methyl/N-ethyl adjacent to an activating group) is 1. The van der Waals surface area contributed by atoms with Crippen LogP contribution in [0.5, 0.6) is 0 Å². The van der Waals surface area contributed by atoms with Gasteiger partial charge in [-0.05, 0) is 56.7 Å². The number of fused-ring (bicyclic) bond motifs is 1. The van der Waals surface area contributed by atoms with Crippen molar-refractivity contribution in [3.63, 3.8) is 0 Å². The van der Waals surface area contributed by atoms with Gasteiger partial charge in [-0.2, -0.15) is 5.10 Å². The molecule has 4 rings (SSSR count). The minimum absolute atomic E-state index is 0.0340. The first kappa shape index (κ1) is 21.2. The van der Waals surface area contributed by atoms with E-state index in [4.69, 9.17) is 0 Å². The van der Waals surface area contributed by atoms with Crippen LogP contribution in [0, 0.1) is 6.92 Å². The van der Waals surface area contributed by atoms with Crippen molar-refractivity contribution < 1.29 is 9.59 Å². The van der Waals surface area contributed by atoms with E-state index in [1.807, 2.05) is 66.4 Å². The number of aromatic nitrogens is 2. The van der Waals surface area contributed by atoms with Crippen molar-refractivity contribution in [3.05, 3.63) is 71.0 Å². The summed E-state index contributed by atoms with van der Waals surface area (Å²) in [5.74, 6) is -0.454. The third-order valence-corrected chi connectivity index (χ3v) is 6.32. The molecule has 1 aliphatic carbocycles. The Bertz CT molecular complexity index is 1120. The van der Waals surface area contributed by atoms with E-state index in [1.54, 1.807) is 18.8 Å². The van der Waals surface area contributed by atoms with Gasteiger partial charge in [0, 0.05) is 23.2 Å². The molecule has 1 N–H and O–H groups in total. The zero-order valence-electron chi connectivity index (χ0n) is 18.0. The highest BCUT2D eigenvalue weighted by Crippen LogP contribution is 2.29. The number of para-hydroxylation sites is 1. The number of carbonyl (C=O) groups excluding carboxylic acids is 2. The number of hydrogen-bond acceptors (Lipinski definition) is 4. The predicted molar refractivity (Wildman–Crippen MR) is 124 cm³/mol.